The molecule has 0 N–H and O–H groups in total. The Hall–Kier alpha value is -1.14. The summed E-state index contributed by atoms with van der Waals surface area (Å²) < 4.78 is 1.48. The zero-order valence-electron chi connectivity index (χ0n) is 17.8. The molecule has 0 aliphatic heterocycles. The number of halogens is 2. The molecule has 0 heterocycles. The fraction of sp³-hybridized carbons (Fsp3) is 0.259. The summed E-state index contributed by atoms with van der Waals surface area (Å²) in [6.45, 7) is 9.25. The van der Waals surface area contributed by atoms with E-state index in [0.717, 1.165) is 6.42 Å². The standard InChI is InChI=1S/C27H25.2ClH.Zr/c1-17-13-19(27(2,3)4)15-23(17)26-16-25-20-10-6-5-9-18(20)14-24(25)21-11-7-8-12-22(21)26;;;/h5-10,12-13,15-16,23H,14H2,1-4H3;2*1H;/q;;;+2/p-2. The summed E-state index contributed by atoms with van der Waals surface area (Å²) >= 11 is 1.50. The minimum atomic E-state index is 0. The summed E-state index contributed by atoms with van der Waals surface area (Å²) in [5, 5.41) is 2.96. The van der Waals surface area contributed by atoms with Gasteiger partial charge >= 0.3 is 184 Å². The van der Waals surface area contributed by atoms with Crippen LogP contribution in [-0.4, -0.2) is 0 Å². The van der Waals surface area contributed by atoms with Crippen LogP contribution in [0.15, 0.2) is 71.8 Å². The molecule has 3 aromatic carbocycles. The molecule has 0 amide bonds. The van der Waals surface area contributed by atoms with Crippen molar-refractivity contribution in [2.24, 2.45) is 5.41 Å². The third-order valence-electron chi connectivity index (χ3n) is 6.40. The first-order valence-corrected chi connectivity index (χ1v) is 11.4. The number of rotatable bonds is 1. The van der Waals surface area contributed by atoms with Crippen LogP contribution >= 0.6 is 0 Å². The van der Waals surface area contributed by atoms with Crippen LogP contribution in [0.25, 0.3) is 21.9 Å². The molecule has 0 saturated carbocycles. The van der Waals surface area contributed by atoms with E-state index in [1.54, 1.807) is 0 Å². The Balaban J connectivity index is 0.00000128. The largest absolute Gasteiger partial charge is 1.00 e. The van der Waals surface area contributed by atoms with Crippen LogP contribution in [0.3, 0.4) is 0 Å². The Kier molecular flexibility index (Phi) is 6.60. The first kappa shape index (κ1) is 23.5. The van der Waals surface area contributed by atoms with Crippen LogP contribution in [-0.2, 0) is 31.1 Å². The van der Waals surface area contributed by atoms with Crippen molar-refractivity contribution in [1.82, 2.24) is 0 Å². The molecule has 0 spiro atoms. The van der Waals surface area contributed by atoms with E-state index in [1.807, 2.05) is 0 Å². The summed E-state index contributed by atoms with van der Waals surface area (Å²) in [6, 6.07) is 18.4. The second kappa shape index (κ2) is 8.42. The molecule has 2 aliphatic carbocycles. The zero-order valence-corrected chi connectivity index (χ0v) is 21.8. The van der Waals surface area contributed by atoms with E-state index >= 15 is 0 Å². The molecule has 1 atom stereocenters. The van der Waals surface area contributed by atoms with Gasteiger partial charge in [-0.2, -0.15) is 0 Å². The van der Waals surface area contributed by atoms with Gasteiger partial charge in [-0.3, -0.25) is 0 Å². The maximum atomic E-state index is 2.51. The molecule has 5 rings (SSSR count). The Labute approximate surface area is 207 Å². The Bertz CT molecular complexity index is 1200. The van der Waals surface area contributed by atoms with Crippen LogP contribution in [0.5, 0.6) is 0 Å². The third-order valence-corrected chi connectivity index (χ3v) is 7.42. The molecular weight excluding hydrogens is 486 g/mol. The van der Waals surface area contributed by atoms with Gasteiger partial charge in [0.2, 0.25) is 0 Å². The Morgan fingerprint density at radius 3 is 2.37 bits per heavy atom. The van der Waals surface area contributed by atoms with Crippen molar-refractivity contribution in [3.05, 3.63) is 88.5 Å². The van der Waals surface area contributed by atoms with Gasteiger partial charge < -0.3 is 24.8 Å². The Morgan fingerprint density at radius 2 is 1.67 bits per heavy atom. The van der Waals surface area contributed by atoms with Gasteiger partial charge in [0.1, 0.15) is 0 Å². The van der Waals surface area contributed by atoms with E-state index < -0.39 is 0 Å². The van der Waals surface area contributed by atoms with Gasteiger partial charge in [-0.05, 0) is 0 Å². The fourth-order valence-corrected chi connectivity index (χ4v) is 5.82. The van der Waals surface area contributed by atoms with Crippen molar-refractivity contribution >= 4 is 14.0 Å². The fourth-order valence-electron chi connectivity index (χ4n) is 4.88. The molecule has 0 fully saturated rings. The monoisotopic (exact) mass is 509 g/mol. The van der Waals surface area contributed by atoms with Crippen LogP contribution < -0.4 is 28.1 Å². The smallest absolute Gasteiger partial charge is 1.00 e. The van der Waals surface area contributed by atoms with Crippen LogP contribution in [0.1, 0.15) is 50.3 Å². The molecule has 3 heteroatoms. The molecule has 0 saturated heterocycles. The van der Waals surface area contributed by atoms with Gasteiger partial charge in [0, 0.05) is 0 Å². The number of hydrogen-bond donors (Lipinski definition) is 0. The molecule has 0 aromatic heterocycles. The van der Waals surface area contributed by atoms with Crippen molar-refractivity contribution < 1.29 is 49.5 Å². The summed E-state index contributed by atoms with van der Waals surface area (Å²) in [5.74, 6) is 0.382. The number of allylic oxidation sites excluding steroid dienone is 4. The first-order valence-electron chi connectivity index (χ1n) is 10.1. The van der Waals surface area contributed by atoms with E-state index in [-0.39, 0.29) is 30.2 Å². The maximum Gasteiger partial charge on any atom is -1.00 e. The summed E-state index contributed by atoms with van der Waals surface area (Å²) in [6.07, 6.45) is 5.99. The van der Waals surface area contributed by atoms with Crippen LogP contribution in [0.2, 0.25) is 0 Å². The number of benzene rings is 3. The van der Waals surface area contributed by atoms with E-state index in [9.17, 15) is 0 Å². The van der Waals surface area contributed by atoms with Gasteiger partial charge in [-0.15, -0.1) is 0 Å². The van der Waals surface area contributed by atoms with Gasteiger partial charge in [0.05, 0.1) is 0 Å². The normalized spacial score (nSPS) is 16.9. The van der Waals surface area contributed by atoms with E-state index in [4.69, 9.17) is 0 Å². The van der Waals surface area contributed by atoms with Crippen molar-refractivity contribution in [3.63, 3.8) is 0 Å². The van der Waals surface area contributed by atoms with Crippen molar-refractivity contribution in [3.8, 4) is 11.1 Å². The third kappa shape index (κ3) is 3.68. The van der Waals surface area contributed by atoms with Gasteiger partial charge in [0.15, 0.2) is 0 Å². The number of fused-ring (bicyclic) bond motifs is 5. The molecule has 0 radical (unpaired) electrons. The van der Waals surface area contributed by atoms with Gasteiger partial charge in [-0.1, -0.05) is 0 Å². The minimum absolute atomic E-state index is 0. The molecule has 0 nitrogen and oxygen atoms in total. The Morgan fingerprint density at radius 1 is 0.933 bits per heavy atom. The molecule has 3 aromatic rings. The zero-order chi connectivity index (χ0) is 19.6. The average Bonchev–Trinajstić information content (AvgIpc) is 3.21. The number of hydrogen-bond acceptors (Lipinski definition) is 0. The predicted octanol–water partition coefficient (Wildman–Crippen LogP) is 0.607. The quantitative estimate of drug-likeness (QED) is 0.352. The van der Waals surface area contributed by atoms with Gasteiger partial charge in [0.25, 0.3) is 0 Å². The van der Waals surface area contributed by atoms with Crippen molar-refractivity contribution in [2.45, 2.75) is 40.0 Å². The average molecular weight is 512 g/mol. The van der Waals surface area contributed by atoms with Crippen LogP contribution in [0.4, 0.5) is 0 Å². The molecule has 2 aliphatic rings. The maximum absolute atomic E-state index is 2.51. The van der Waals surface area contributed by atoms with E-state index in [2.05, 4.69) is 88.4 Å². The van der Waals surface area contributed by atoms with E-state index in [1.165, 1.54) is 77.7 Å². The SMILES string of the molecule is CC1=CC(C(C)(C)C)=CC1c1cc2c(c3[c]([Zr+2])cccc13)Cc1ccccc1-2.[Cl-].[Cl-]. The molecule has 151 valence electrons. The van der Waals surface area contributed by atoms with Crippen molar-refractivity contribution in [2.75, 3.05) is 0 Å². The predicted molar refractivity (Wildman–Crippen MR) is 116 cm³/mol. The minimum Gasteiger partial charge on any atom is -1.00 e. The summed E-state index contributed by atoms with van der Waals surface area (Å²) in [7, 11) is 0. The van der Waals surface area contributed by atoms with Crippen LogP contribution in [0, 0.1) is 5.41 Å². The van der Waals surface area contributed by atoms with Gasteiger partial charge in [-0.25, -0.2) is 0 Å². The topological polar surface area (TPSA) is 0 Å². The molecular formula is C27H25Cl2Zr. The molecule has 0 bridgehead atoms. The van der Waals surface area contributed by atoms with E-state index in [0.29, 0.717) is 5.92 Å². The second-order valence-corrected chi connectivity index (χ2v) is 10.6. The second-order valence-electron chi connectivity index (χ2n) is 9.29. The molecule has 30 heavy (non-hydrogen) atoms. The summed E-state index contributed by atoms with van der Waals surface area (Å²) in [4.78, 5) is 0. The first-order chi connectivity index (χ1) is 13.3. The summed E-state index contributed by atoms with van der Waals surface area (Å²) in [5.41, 5.74) is 10.5. The van der Waals surface area contributed by atoms with Crippen molar-refractivity contribution in [1.29, 1.82) is 0 Å². The molecule has 1 unspecified atom stereocenters.